The van der Waals surface area contributed by atoms with E-state index in [1.54, 1.807) is 21.3 Å². The van der Waals surface area contributed by atoms with Crippen LogP contribution in [0.5, 0.6) is 11.5 Å². The Bertz CT molecular complexity index is 599. The van der Waals surface area contributed by atoms with Gasteiger partial charge in [0.1, 0.15) is 0 Å². The Morgan fingerprint density at radius 1 is 0.773 bits per heavy atom. The van der Waals surface area contributed by atoms with Crippen LogP contribution < -0.4 is 14.8 Å². The van der Waals surface area contributed by atoms with E-state index in [2.05, 4.69) is 29.6 Å². The normalized spacial score (nSPS) is 10.5. The minimum Gasteiger partial charge on any atom is -0.493 e. The first kappa shape index (κ1) is 16.3. The molecule has 0 aliphatic rings. The molecule has 0 amide bonds. The Kier molecular flexibility index (Phi) is 6.25. The van der Waals surface area contributed by atoms with Gasteiger partial charge in [0.25, 0.3) is 0 Å². The first-order valence-electron chi connectivity index (χ1n) is 7.25. The molecule has 0 aromatic heterocycles. The topological polar surface area (TPSA) is 39.7 Å². The Balaban J connectivity index is 1.92. The third-order valence-corrected chi connectivity index (χ3v) is 3.41. The van der Waals surface area contributed by atoms with Crippen molar-refractivity contribution in [3.05, 3.63) is 59.2 Å². The van der Waals surface area contributed by atoms with Gasteiger partial charge in [-0.2, -0.15) is 0 Å². The maximum absolute atomic E-state index is 5.32. The first-order chi connectivity index (χ1) is 10.8. The smallest absolute Gasteiger partial charge is 0.161 e. The molecule has 22 heavy (non-hydrogen) atoms. The standard InChI is InChI=1S/C18H23NO3/c1-20-13-16-6-4-5-14(9-16)11-19-12-15-7-8-17(21-2)18(10-15)22-3/h4-10,19H,11-13H2,1-3H3. The second kappa shape index (κ2) is 8.41. The van der Waals surface area contributed by atoms with Crippen molar-refractivity contribution in [1.29, 1.82) is 0 Å². The Labute approximate surface area is 132 Å². The fourth-order valence-electron chi connectivity index (χ4n) is 2.34. The lowest BCUT2D eigenvalue weighted by Gasteiger charge is -2.11. The molecule has 0 saturated heterocycles. The van der Waals surface area contributed by atoms with E-state index >= 15 is 0 Å². The Hall–Kier alpha value is -2.04. The van der Waals surface area contributed by atoms with E-state index in [9.17, 15) is 0 Å². The monoisotopic (exact) mass is 301 g/mol. The highest BCUT2D eigenvalue weighted by Gasteiger charge is 2.04. The molecule has 2 rings (SSSR count). The van der Waals surface area contributed by atoms with Crippen molar-refractivity contribution in [1.82, 2.24) is 5.32 Å². The molecule has 0 spiro atoms. The molecule has 0 saturated carbocycles. The molecule has 4 heteroatoms. The van der Waals surface area contributed by atoms with Crippen LogP contribution in [0.2, 0.25) is 0 Å². The van der Waals surface area contributed by atoms with Gasteiger partial charge in [0, 0.05) is 20.2 Å². The van der Waals surface area contributed by atoms with Gasteiger partial charge in [0.2, 0.25) is 0 Å². The van der Waals surface area contributed by atoms with Gasteiger partial charge in [0.05, 0.1) is 20.8 Å². The predicted molar refractivity (Wildman–Crippen MR) is 87.2 cm³/mol. The molecule has 0 radical (unpaired) electrons. The highest BCUT2D eigenvalue weighted by molar-refractivity contribution is 5.42. The Morgan fingerprint density at radius 2 is 1.45 bits per heavy atom. The summed E-state index contributed by atoms with van der Waals surface area (Å²) in [5, 5.41) is 3.44. The molecule has 0 fully saturated rings. The Morgan fingerprint density at radius 3 is 2.14 bits per heavy atom. The van der Waals surface area contributed by atoms with Crippen LogP contribution in [-0.2, 0) is 24.4 Å². The van der Waals surface area contributed by atoms with Crippen LogP contribution in [0.15, 0.2) is 42.5 Å². The molecule has 0 aliphatic heterocycles. The average Bonchev–Trinajstić information content (AvgIpc) is 2.55. The van der Waals surface area contributed by atoms with Crippen molar-refractivity contribution in [2.75, 3.05) is 21.3 Å². The van der Waals surface area contributed by atoms with E-state index in [4.69, 9.17) is 14.2 Å². The molecule has 118 valence electrons. The lowest BCUT2D eigenvalue weighted by atomic mass is 10.1. The number of ether oxygens (including phenoxy) is 3. The highest BCUT2D eigenvalue weighted by atomic mass is 16.5. The molecular formula is C18H23NO3. The van der Waals surface area contributed by atoms with Crippen LogP contribution in [0.3, 0.4) is 0 Å². The molecule has 0 heterocycles. The summed E-state index contributed by atoms with van der Waals surface area (Å²) in [6, 6.07) is 14.4. The van der Waals surface area contributed by atoms with Crippen LogP contribution in [0.4, 0.5) is 0 Å². The zero-order chi connectivity index (χ0) is 15.8. The SMILES string of the molecule is COCc1cccc(CNCc2ccc(OC)c(OC)c2)c1. The number of hydrogen-bond acceptors (Lipinski definition) is 4. The molecule has 2 aromatic rings. The number of nitrogens with one attached hydrogen (secondary N) is 1. The average molecular weight is 301 g/mol. The summed E-state index contributed by atoms with van der Waals surface area (Å²) in [5.41, 5.74) is 3.59. The summed E-state index contributed by atoms with van der Waals surface area (Å²) < 4.78 is 15.7. The van der Waals surface area contributed by atoms with Crippen molar-refractivity contribution in [2.45, 2.75) is 19.7 Å². The van der Waals surface area contributed by atoms with Crippen LogP contribution >= 0.6 is 0 Å². The number of hydrogen-bond donors (Lipinski definition) is 1. The van der Waals surface area contributed by atoms with E-state index < -0.39 is 0 Å². The zero-order valence-corrected chi connectivity index (χ0v) is 13.4. The molecule has 0 unspecified atom stereocenters. The summed E-state index contributed by atoms with van der Waals surface area (Å²) in [6.45, 7) is 2.23. The summed E-state index contributed by atoms with van der Waals surface area (Å²) in [6.07, 6.45) is 0. The quantitative estimate of drug-likeness (QED) is 0.813. The van der Waals surface area contributed by atoms with E-state index in [1.807, 2.05) is 18.2 Å². The van der Waals surface area contributed by atoms with Gasteiger partial charge in [-0.15, -0.1) is 0 Å². The third-order valence-electron chi connectivity index (χ3n) is 3.41. The summed E-state index contributed by atoms with van der Waals surface area (Å²) in [5.74, 6) is 1.50. The first-order valence-corrected chi connectivity index (χ1v) is 7.25. The van der Waals surface area contributed by atoms with Crippen molar-refractivity contribution in [3.63, 3.8) is 0 Å². The number of rotatable bonds is 8. The van der Waals surface area contributed by atoms with Crippen molar-refractivity contribution >= 4 is 0 Å². The number of methoxy groups -OCH3 is 3. The van der Waals surface area contributed by atoms with E-state index in [-0.39, 0.29) is 0 Å². The third kappa shape index (κ3) is 4.48. The van der Waals surface area contributed by atoms with Gasteiger partial charge < -0.3 is 19.5 Å². The van der Waals surface area contributed by atoms with Crippen LogP contribution in [-0.4, -0.2) is 21.3 Å². The van der Waals surface area contributed by atoms with Gasteiger partial charge in [-0.1, -0.05) is 30.3 Å². The van der Waals surface area contributed by atoms with Gasteiger partial charge in [0.15, 0.2) is 11.5 Å². The maximum atomic E-state index is 5.32. The number of benzene rings is 2. The molecule has 0 bridgehead atoms. The predicted octanol–water partition coefficient (Wildman–Crippen LogP) is 3.14. The van der Waals surface area contributed by atoms with Crippen molar-refractivity contribution < 1.29 is 14.2 Å². The molecule has 0 aliphatic carbocycles. The molecule has 1 N–H and O–H groups in total. The summed E-state index contributed by atoms with van der Waals surface area (Å²) in [4.78, 5) is 0. The molecular weight excluding hydrogens is 278 g/mol. The van der Waals surface area contributed by atoms with Crippen LogP contribution in [0.1, 0.15) is 16.7 Å². The van der Waals surface area contributed by atoms with Crippen LogP contribution in [0, 0.1) is 0 Å². The van der Waals surface area contributed by atoms with Gasteiger partial charge in [-0.05, 0) is 28.8 Å². The second-order valence-corrected chi connectivity index (χ2v) is 5.05. The fourth-order valence-corrected chi connectivity index (χ4v) is 2.34. The van der Waals surface area contributed by atoms with E-state index in [0.717, 1.165) is 30.2 Å². The highest BCUT2D eigenvalue weighted by Crippen LogP contribution is 2.27. The second-order valence-electron chi connectivity index (χ2n) is 5.05. The maximum Gasteiger partial charge on any atom is 0.161 e. The minimum atomic E-state index is 0.642. The largest absolute Gasteiger partial charge is 0.493 e. The summed E-state index contributed by atoms with van der Waals surface area (Å²) in [7, 11) is 5.00. The van der Waals surface area contributed by atoms with E-state index in [1.165, 1.54) is 11.1 Å². The van der Waals surface area contributed by atoms with Gasteiger partial charge >= 0.3 is 0 Å². The summed E-state index contributed by atoms with van der Waals surface area (Å²) >= 11 is 0. The van der Waals surface area contributed by atoms with Gasteiger partial charge in [-0.3, -0.25) is 0 Å². The van der Waals surface area contributed by atoms with Crippen molar-refractivity contribution in [3.8, 4) is 11.5 Å². The van der Waals surface area contributed by atoms with Crippen LogP contribution in [0.25, 0.3) is 0 Å². The van der Waals surface area contributed by atoms with Crippen molar-refractivity contribution in [2.24, 2.45) is 0 Å². The van der Waals surface area contributed by atoms with E-state index in [0.29, 0.717) is 6.61 Å². The lowest BCUT2D eigenvalue weighted by molar-refractivity contribution is 0.185. The van der Waals surface area contributed by atoms with Gasteiger partial charge in [-0.25, -0.2) is 0 Å². The lowest BCUT2D eigenvalue weighted by Crippen LogP contribution is -2.13. The molecule has 4 nitrogen and oxygen atoms in total. The fraction of sp³-hybridized carbons (Fsp3) is 0.333. The minimum absolute atomic E-state index is 0.642. The molecule has 0 atom stereocenters. The molecule has 2 aromatic carbocycles. The zero-order valence-electron chi connectivity index (χ0n) is 13.4.